The Morgan fingerprint density at radius 3 is 2.76 bits per heavy atom. The first-order chi connectivity index (χ1) is 10.2. The molecule has 2 atom stereocenters. The van der Waals surface area contributed by atoms with Gasteiger partial charge in [-0.25, -0.2) is 0 Å². The van der Waals surface area contributed by atoms with E-state index in [4.69, 9.17) is 27.9 Å². The smallest absolute Gasteiger partial charge is 0.123 e. The molecule has 2 aromatic carbocycles. The van der Waals surface area contributed by atoms with Crippen molar-refractivity contribution in [1.29, 1.82) is 0 Å². The molecule has 3 rings (SSSR count). The fraction of sp³-hybridized carbons (Fsp3) is 0.294. The molecule has 0 bridgehead atoms. The molecular weight excluding hydrogens is 305 g/mol. The Bertz CT molecular complexity index is 619. The quantitative estimate of drug-likeness (QED) is 0.885. The van der Waals surface area contributed by atoms with E-state index in [1.165, 1.54) is 5.56 Å². The largest absolute Gasteiger partial charge is 0.488 e. The number of halogens is 2. The maximum atomic E-state index is 6.39. The first kappa shape index (κ1) is 14.7. The minimum atomic E-state index is 0.0219. The molecule has 4 heteroatoms. The summed E-state index contributed by atoms with van der Waals surface area (Å²) in [4.78, 5) is 0. The van der Waals surface area contributed by atoms with Gasteiger partial charge >= 0.3 is 0 Å². The Morgan fingerprint density at radius 1 is 1.19 bits per heavy atom. The maximum absolute atomic E-state index is 6.39. The van der Waals surface area contributed by atoms with Gasteiger partial charge in [0, 0.05) is 6.42 Å². The summed E-state index contributed by atoms with van der Waals surface area (Å²) in [5.41, 5.74) is 2.23. The molecule has 0 aliphatic carbocycles. The number of fused-ring (bicyclic) bond motifs is 1. The van der Waals surface area contributed by atoms with Crippen LogP contribution in [0.1, 0.15) is 24.1 Å². The molecule has 110 valence electrons. The molecule has 0 radical (unpaired) electrons. The van der Waals surface area contributed by atoms with Gasteiger partial charge in [0.1, 0.15) is 11.9 Å². The van der Waals surface area contributed by atoms with Crippen molar-refractivity contribution in [3.8, 4) is 5.75 Å². The van der Waals surface area contributed by atoms with Crippen LogP contribution in [0.15, 0.2) is 42.5 Å². The molecule has 2 nitrogen and oxygen atoms in total. The number of benzene rings is 2. The van der Waals surface area contributed by atoms with E-state index in [-0.39, 0.29) is 12.1 Å². The predicted molar refractivity (Wildman–Crippen MR) is 87.4 cm³/mol. The number of para-hydroxylation sites is 1. The maximum Gasteiger partial charge on any atom is 0.123 e. The number of hydrogen-bond acceptors (Lipinski definition) is 2. The van der Waals surface area contributed by atoms with Crippen molar-refractivity contribution >= 4 is 23.2 Å². The SMILES string of the molecule is CCNC(c1cccc(Cl)c1Cl)C1Cc2ccccc2O1. The van der Waals surface area contributed by atoms with Gasteiger partial charge in [-0.05, 0) is 29.8 Å². The zero-order chi connectivity index (χ0) is 14.8. The van der Waals surface area contributed by atoms with Crippen LogP contribution in [-0.2, 0) is 6.42 Å². The minimum Gasteiger partial charge on any atom is -0.488 e. The fourth-order valence-corrected chi connectivity index (χ4v) is 3.24. The summed E-state index contributed by atoms with van der Waals surface area (Å²) in [5.74, 6) is 0.962. The number of likely N-dealkylation sites (N-methyl/N-ethyl adjacent to an activating group) is 1. The molecule has 1 aliphatic heterocycles. The molecule has 0 fully saturated rings. The highest BCUT2D eigenvalue weighted by Crippen LogP contribution is 2.37. The molecule has 0 saturated carbocycles. The Kier molecular flexibility index (Phi) is 4.39. The van der Waals surface area contributed by atoms with Gasteiger partial charge in [0.05, 0.1) is 16.1 Å². The lowest BCUT2D eigenvalue weighted by Gasteiger charge is -2.25. The van der Waals surface area contributed by atoms with Crippen LogP contribution in [-0.4, -0.2) is 12.6 Å². The second kappa shape index (κ2) is 6.27. The van der Waals surface area contributed by atoms with Crippen LogP contribution < -0.4 is 10.1 Å². The number of hydrogen-bond donors (Lipinski definition) is 1. The van der Waals surface area contributed by atoms with E-state index in [0.29, 0.717) is 10.0 Å². The monoisotopic (exact) mass is 321 g/mol. The van der Waals surface area contributed by atoms with E-state index in [1.54, 1.807) is 6.07 Å². The Hall–Kier alpha value is -1.22. The molecular formula is C17H17Cl2NO. The zero-order valence-electron chi connectivity index (χ0n) is 11.8. The summed E-state index contributed by atoms with van der Waals surface area (Å²) in [5, 5.41) is 4.65. The van der Waals surface area contributed by atoms with Gasteiger partial charge in [0.25, 0.3) is 0 Å². The number of ether oxygens (including phenoxy) is 1. The third-order valence-electron chi connectivity index (χ3n) is 3.78. The lowest BCUT2D eigenvalue weighted by molar-refractivity contribution is 0.180. The number of rotatable bonds is 4. The predicted octanol–water partition coefficient (Wildman–Crippen LogP) is 4.65. The molecule has 1 aliphatic rings. The molecule has 2 unspecified atom stereocenters. The van der Waals surface area contributed by atoms with Crippen molar-refractivity contribution in [3.63, 3.8) is 0 Å². The molecule has 1 N–H and O–H groups in total. The molecule has 2 aromatic rings. The molecule has 0 spiro atoms. The van der Waals surface area contributed by atoms with Crippen LogP contribution in [0.5, 0.6) is 5.75 Å². The summed E-state index contributed by atoms with van der Waals surface area (Å²) >= 11 is 12.5. The summed E-state index contributed by atoms with van der Waals surface area (Å²) in [7, 11) is 0. The highest BCUT2D eigenvalue weighted by Gasteiger charge is 2.32. The fourth-order valence-electron chi connectivity index (χ4n) is 2.82. The van der Waals surface area contributed by atoms with Crippen molar-refractivity contribution in [2.45, 2.75) is 25.5 Å². The average Bonchev–Trinajstić information content (AvgIpc) is 2.91. The van der Waals surface area contributed by atoms with Crippen LogP contribution in [0.4, 0.5) is 0 Å². The van der Waals surface area contributed by atoms with Gasteiger partial charge in [-0.2, -0.15) is 0 Å². The van der Waals surface area contributed by atoms with Gasteiger partial charge in [-0.15, -0.1) is 0 Å². The van der Waals surface area contributed by atoms with Crippen molar-refractivity contribution in [2.75, 3.05) is 6.54 Å². The van der Waals surface area contributed by atoms with Gasteiger partial charge in [-0.3, -0.25) is 0 Å². The van der Waals surface area contributed by atoms with Crippen molar-refractivity contribution in [1.82, 2.24) is 5.32 Å². The average molecular weight is 322 g/mol. The van der Waals surface area contributed by atoms with E-state index in [9.17, 15) is 0 Å². The van der Waals surface area contributed by atoms with Crippen molar-refractivity contribution in [2.24, 2.45) is 0 Å². The molecule has 21 heavy (non-hydrogen) atoms. The number of nitrogens with one attached hydrogen (secondary N) is 1. The summed E-state index contributed by atoms with van der Waals surface area (Å²) < 4.78 is 6.11. The lowest BCUT2D eigenvalue weighted by atomic mass is 9.97. The van der Waals surface area contributed by atoms with Crippen LogP contribution >= 0.6 is 23.2 Å². The van der Waals surface area contributed by atoms with Crippen LogP contribution in [0, 0.1) is 0 Å². The second-order valence-corrected chi connectivity index (χ2v) is 5.93. The summed E-state index contributed by atoms with van der Waals surface area (Å²) in [6.07, 6.45) is 0.898. The zero-order valence-corrected chi connectivity index (χ0v) is 13.3. The highest BCUT2D eigenvalue weighted by atomic mass is 35.5. The molecule has 0 saturated heterocycles. The van der Waals surface area contributed by atoms with Gasteiger partial charge < -0.3 is 10.1 Å². The van der Waals surface area contributed by atoms with Crippen LogP contribution in [0.3, 0.4) is 0 Å². The third kappa shape index (κ3) is 2.89. The van der Waals surface area contributed by atoms with E-state index in [0.717, 1.165) is 24.3 Å². The molecule has 1 heterocycles. The van der Waals surface area contributed by atoms with E-state index in [2.05, 4.69) is 18.3 Å². The first-order valence-corrected chi connectivity index (χ1v) is 7.88. The van der Waals surface area contributed by atoms with E-state index in [1.807, 2.05) is 30.3 Å². The first-order valence-electron chi connectivity index (χ1n) is 7.12. The Labute approximate surface area is 135 Å². The summed E-state index contributed by atoms with van der Waals surface area (Å²) in [6, 6.07) is 13.9. The van der Waals surface area contributed by atoms with Crippen molar-refractivity contribution < 1.29 is 4.74 Å². The van der Waals surface area contributed by atoms with E-state index >= 15 is 0 Å². The Balaban J connectivity index is 1.91. The molecule has 0 amide bonds. The van der Waals surface area contributed by atoms with Crippen molar-refractivity contribution in [3.05, 3.63) is 63.6 Å². The van der Waals surface area contributed by atoms with Crippen LogP contribution in [0.2, 0.25) is 10.0 Å². The van der Waals surface area contributed by atoms with Gasteiger partial charge in [0.2, 0.25) is 0 Å². The second-order valence-electron chi connectivity index (χ2n) is 5.15. The Morgan fingerprint density at radius 2 is 2.00 bits per heavy atom. The summed E-state index contributed by atoms with van der Waals surface area (Å²) in [6.45, 7) is 2.91. The minimum absolute atomic E-state index is 0.0219. The van der Waals surface area contributed by atoms with Crippen LogP contribution in [0.25, 0.3) is 0 Å². The lowest BCUT2D eigenvalue weighted by Crippen LogP contribution is -2.35. The third-order valence-corrected chi connectivity index (χ3v) is 4.62. The molecule has 0 aromatic heterocycles. The topological polar surface area (TPSA) is 21.3 Å². The van der Waals surface area contributed by atoms with E-state index < -0.39 is 0 Å². The van der Waals surface area contributed by atoms with Gasteiger partial charge in [0.15, 0.2) is 0 Å². The highest BCUT2D eigenvalue weighted by molar-refractivity contribution is 6.42. The standard InChI is InChI=1S/C17H17Cl2NO/c1-2-20-17(12-7-5-8-13(18)16(12)19)15-10-11-6-3-4-9-14(11)21-15/h3-9,15,17,20H,2,10H2,1H3. The normalized spacial score (nSPS) is 18.1. The van der Waals surface area contributed by atoms with Gasteiger partial charge in [-0.1, -0.05) is 60.5 Å².